The third kappa shape index (κ3) is 3.73. The predicted molar refractivity (Wildman–Crippen MR) is 116 cm³/mol. The summed E-state index contributed by atoms with van der Waals surface area (Å²) >= 11 is 1.67. The highest BCUT2D eigenvalue weighted by Gasteiger charge is 2.25. The Morgan fingerprint density at radius 1 is 1.10 bits per heavy atom. The molecule has 1 atom stereocenters. The first kappa shape index (κ1) is 18.2. The van der Waals surface area contributed by atoms with Crippen molar-refractivity contribution < 1.29 is 0 Å². The van der Waals surface area contributed by atoms with E-state index in [0.717, 1.165) is 47.3 Å². The van der Waals surface area contributed by atoms with Gasteiger partial charge in [0.25, 0.3) is 5.56 Å². The highest BCUT2D eigenvalue weighted by atomic mass is 32.1. The molecule has 29 heavy (non-hydrogen) atoms. The number of pyridine rings is 1. The molecule has 0 radical (unpaired) electrons. The van der Waals surface area contributed by atoms with Gasteiger partial charge in [0.05, 0.1) is 24.0 Å². The predicted octanol–water partition coefficient (Wildman–Crippen LogP) is 3.55. The second-order valence-electron chi connectivity index (χ2n) is 7.49. The van der Waals surface area contributed by atoms with E-state index < -0.39 is 0 Å². The van der Waals surface area contributed by atoms with Crippen LogP contribution in [0.3, 0.4) is 0 Å². The average molecular weight is 403 g/mol. The summed E-state index contributed by atoms with van der Waals surface area (Å²) in [7, 11) is 0. The fourth-order valence-electron chi connectivity index (χ4n) is 4.02. The smallest absolute Gasteiger partial charge is 0.262 e. The molecule has 0 saturated carbocycles. The lowest BCUT2D eigenvalue weighted by Crippen LogP contribution is -2.34. The molecule has 6 heteroatoms. The number of benzene rings is 1. The lowest BCUT2D eigenvalue weighted by Gasteiger charge is -2.23. The Labute approximate surface area is 173 Å². The molecule has 0 amide bonds. The van der Waals surface area contributed by atoms with Gasteiger partial charge in [0.15, 0.2) is 0 Å². The molecule has 4 aromatic rings. The highest BCUT2D eigenvalue weighted by molar-refractivity contribution is 7.18. The van der Waals surface area contributed by atoms with E-state index in [9.17, 15) is 4.79 Å². The first-order valence-corrected chi connectivity index (χ1v) is 10.8. The molecule has 1 unspecified atom stereocenters. The summed E-state index contributed by atoms with van der Waals surface area (Å²) in [5.41, 5.74) is 3.45. The first-order chi connectivity index (χ1) is 14.3. The van der Waals surface area contributed by atoms with Crippen molar-refractivity contribution in [3.63, 3.8) is 0 Å². The molecular formula is C23H22N4OS. The van der Waals surface area contributed by atoms with Crippen LogP contribution in [0.1, 0.15) is 28.1 Å². The summed E-state index contributed by atoms with van der Waals surface area (Å²) in [6, 6.07) is 16.5. The average Bonchev–Trinajstić information content (AvgIpc) is 3.14. The molecule has 1 aliphatic carbocycles. The molecule has 5 rings (SSSR count). The number of aromatic nitrogens is 3. The van der Waals surface area contributed by atoms with Gasteiger partial charge in [-0.25, -0.2) is 4.98 Å². The van der Waals surface area contributed by atoms with E-state index in [1.165, 1.54) is 10.4 Å². The Kier molecular flexibility index (Phi) is 4.96. The number of hydrogen-bond donors (Lipinski definition) is 1. The van der Waals surface area contributed by atoms with Crippen molar-refractivity contribution in [3.05, 3.63) is 93.1 Å². The zero-order chi connectivity index (χ0) is 19.6. The molecule has 0 spiro atoms. The molecule has 1 aromatic carbocycles. The molecule has 0 saturated heterocycles. The summed E-state index contributed by atoms with van der Waals surface area (Å²) in [6.07, 6.45) is 6.41. The van der Waals surface area contributed by atoms with Crippen LogP contribution in [0.25, 0.3) is 10.2 Å². The zero-order valence-electron chi connectivity index (χ0n) is 16.0. The van der Waals surface area contributed by atoms with E-state index in [0.29, 0.717) is 12.6 Å². The Balaban J connectivity index is 1.38. The van der Waals surface area contributed by atoms with Crippen molar-refractivity contribution >= 4 is 21.6 Å². The molecule has 1 aliphatic rings. The van der Waals surface area contributed by atoms with Gasteiger partial charge in [-0.2, -0.15) is 0 Å². The number of nitrogens with one attached hydrogen (secondary N) is 1. The molecule has 5 nitrogen and oxygen atoms in total. The van der Waals surface area contributed by atoms with Crippen LogP contribution in [0.2, 0.25) is 0 Å². The van der Waals surface area contributed by atoms with E-state index in [4.69, 9.17) is 0 Å². The quantitative estimate of drug-likeness (QED) is 0.555. The number of fused-ring (bicyclic) bond motifs is 3. The monoisotopic (exact) mass is 402 g/mol. The number of rotatable bonds is 5. The van der Waals surface area contributed by atoms with E-state index >= 15 is 0 Å². The highest BCUT2D eigenvalue weighted by Crippen LogP contribution is 2.33. The molecule has 1 N–H and O–H groups in total. The molecule has 3 heterocycles. The maximum atomic E-state index is 13.2. The van der Waals surface area contributed by atoms with E-state index in [2.05, 4.69) is 15.3 Å². The topological polar surface area (TPSA) is 59.8 Å². The molecular weight excluding hydrogens is 380 g/mol. The van der Waals surface area contributed by atoms with Crippen molar-refractivity contribution in [2.45, 2.75) is 38.4 Å². The standard InChI is InChI=1S/C23H22N4OS/c28-23-21-19-10-9-17(25-13-18-8-4-5-11-24-18)12-20(19)29-22(21)26-15-27(23)14-16-6-2-1-3-7-16/h1-8,11,15,17,25H,9-10,12-14H2. The minimum absolute atomic E-state index is 0.0799. The van der Waals surface area contributed by atoms with Crippen molar-refractivity contribution in [2.75, 3.05) is 0 Å². The minimum Gasteiger partial charge on any atom is -0.308 e. The minimum atomic E-state index is 0.0799. The van der Waals surface area contributed by atoms with Crippen LogP contribution in [0.4, 0.5) is 0 Å². The van der Waals surface area contributed by atoms with Gasteiger partial charge < -0.3 is 5.32 Å². The lowest BCUT2D eigenvalue weighted by atomic mass is 9.93. The Hall–Kier alpha value is -2.83. The number of nitrogens with zero attached hydrogens (tertiary/aromatic N) is 3. The van der Waals surface area contributed by atoms with E-state index in [1.54, 1.807) is 22.2 Å². The third-order valence-electron chi connectivity index (χ3n) is 5.53. The van der Waals surface area contributed by atoms with Gasteiger partial charge in [0, 0.05) is 23.7 Å². The number of hydrogen-bond acceptors (Lipinski definition) is 5. The molecule has 0 aliphatic heterocycles. The molecule has 0 bridgehead atoms. The van der Waals surface area contributed by atoms with Crippen molar-refractivity contribution in [2.24, 2.45) is 0 Å². The third-order valence-corrected chi connectivity index (χ3v) is 6.69. The van der Waals surface area contributed by atoms with Gasteiger partial charge in [0.2, 0.25) is 0 Å². The van der Waals surface area contributed by atoms with Crippen LogP contribution in [-0.4, -0.2) is 20.6 Å². The van der Waals surface area contributed by atoms with Crippen LogP contribution in [0.15, 0.2) is 65.8 Å². The number of thiophene rings is 1. The van der Waals surface area contributed by atoms with Crippen LogP contribution < -0.4 is 10.9 Å². The lowest BCUT2D eigenvalue weighted by molar-refractivity contribution is 0.459. The zero-order valence-corrected chi connectivity index (χ0v) is 16.9. The van der Waals surface area contributed by atoms with E-state index in [1.807, 2.05) is 54.7 Å². The van der Waals surface area contributed by atoms with Crippen LogP contribution in [0.5, 0.6) is 0 Å². The first-order valence-electron chi connectivity index (χ1n) is 9.95. The van der Waals surface area contributed by atoms with Crippen molar-refractivity contribution in [1.82, 2.24) is 19.9 Å². The van der Waals surface area contributed by atoms with Crippen molar-refractivity contribution in [3.8, 4) is 0 Å². The van der Waals surface area contributed by atoms with Gasteiger partial charge in [-0.15, -0.1) is 11.3 Å². The molecule has 146 valence electrons. The van der Waals surface area contributed by atoms with Gasteiger partial charge in [0.1, 0.15) is 4.83 Å². The summed E-state index contributed by atoms with van der Waals surface area (Å²) in [4.78, 5) is 24.3. The Morgan fingerprint density at radius 3 is 2.79 bits per heavy atom. The number of aryl methyl sites for hydroxylation is 1. The van der Waals surface area contributed by atoms with Gasteiger partial charge in [-0.1, -0.05) is 36.4 Å². The van der Waals surface area contributed by atoms with Gasteiger partial charge in [-0.05, 0) is 42.5 Å². The van der Waals surface area contributed by atoms with Crippen LogP contribution in [0, 0.1) is 0 Å². The second-order valence-corrected chi connectivity index (χ2v) is 8.57. The summed E-state index contributed by atoms with van der Waals surface area (Å²) in [6.45, 7) is 1.33. The van der Waals surface area contributed by atoms with Crippen LogP contribution in [-0.2, 0) is 25.9 Å². The Morgan fingerprint density at radius 2 is 1.97 bits per heavy atom. The molecule has 3 aromatic heterocycles. The fourth-order valence-corrected chi connectivity index (χ4v) is 5.28. The SMILES string of the molecule is O=c1c2c3c(sc2ncn1Cc1ccccc1)CC(NCc1ccccn1)CC3. The van der Waals surface area contributed by atoms with Crippen LogP contribution >= 0.6 is 11.3 Å². The van der Waals surface area contributed by atoms with E-state index in [-0.39, 0.29) is 5.56 Å². The maximum absolute atomic E-state index is 13.2. The van der Waals surface area contributed by atoms with Crippen molar-refractivity contribution in [1.29, 1.82) is 0 Å². The second kappa shape index (κ2) is 7.89. The normalized spacial score (nSPS) is 16.1. The molecule has 0 fully saturated rings. The summed E-state index contributed by atoms with van der Waals surface area (Å²) < 4.78 is 1.73. The fraction of sp³-hybridized carbons (Fsp3) is 0.261. The van der Waals surface area contributed by atoms with Gasteiger partial charge in [-0.3, -0.25) is 14.3 Å². The van der Waals surface area contributed by atoms with Gasteiger partial charge >= 0.3 is 0 Å². The summed E-state index contributed by atoms with van der Waals surface area (Å²) in [5.74, 6) is 0. The summed E-state index contributed by atoms with van der Waals surface area (Å²) in [5, 5.41) is 4.45. The Bertz CT molecular complexity index is 1180. The largest absolute Gasteiger partial charge is 0.308 e. The maximum Gasteiger partial charge on any atom is 0.262 e.